The van der Waals surface area contributed by atoms with Gasteiger partial charge in [-0.3, -0.25) is 9.36 Å². The van der Waals surface area contributed by atoms with Gasteiger partial charge in [-0.1, -0.05) is 39.3 Å². The third-order valence-electron chi connectivity index (χ3n) is 3.79. The first-order chi connectivity index (χ1) is 13.5. The van der Waals surface area contributed by atoms with E-state index < -0.39 is 0 Å². The number of amides is 1. The Balaban J connectivity index is 1.69. The Morgan fingerprint density at radius 2 is 1.93 bits per heavy atom. The lowest BCUT2D eigenvalue weighted by Crippen LogP contribution is -2.15. The number of thioether (sulfide) groups is 1. The quantitative estimate of drug-likeness (QED) is 0.478. The number of benzene rings is 2. The van der Waals surface area contributed by atoms with Crippen LogP contribution in [0.25, 0.3) is 5.69 Å². The van der Waals surface area contributed by atoms with Crippen molar-refractivity contribution in [3.05, 3.63) is 58.3 Å². The van der Waals surface area contributed by atoms with Crippen molar-refractivity contribution < 1.29 is 14.3 Å². The molecular formula is C19H17BrClN3O3S. The maximum atomic E-state index is 12.4. The molecule has 0 radical (unpaired) electrons. The molecular weight excluding hydrogens is 466 g/mol. The van der Waals surface area contributed by atoms with Crippen LogP contribution in [0.4, 0.5) is 5.69 Å². The van der Waals surface area contributed by atoms with E-state index in [2.05, 4.69) is 26.2 Å². The Bertz CT molecular complexity index is 979. The average molecular weight is 483 g/mol. The summed E-state index contributed by atoms with van der Waals surface area (Å²) in [6, 6.07) is 11.1. The SMILES string of the molecule is COc1cc(NC(=O)CSc2nccn2-c2ccc(Br)cc2)c(OC)cc1Cl. The van der Waals surface area contributed by atoms with Gasteiger partial charge < -0.3 is 14.8 Å². The summed E-state index contributed by atoms with van der Waals surface area (Å²) in [5, 5.41) is 3.95. The Kier molecular flexibility index (Phi) is 6.88. The zero-order valence-electron chi connectivity index (χ0n) is 15.1. The van der Waals surface area contributed by atoms with Gasteiger partial charge in [-0.15, -0.1) is 0 Å². The average Bonchev–Trinajstić information content (AvgIpc) is 3.16. The number of rotatable bonds is 7. The maximum absolute atomic E-state index is 12.4. The van der Waals surface area contributed by atoms with Gasteiger partial charge in [0, 0.05) is 34.7 Å². The van der Waals surface area contributed by atoms with Gasteiger partial charge in [0.1, 0.15) is 11.5 Å². The van der Waals surface area contributed by atoms with Crippen LogP contribution in [0, 0.1) is 0 Å². The number of hydrogen-bond acceptors (Lipinski definition) is 5. The van der Waals surface area contributed by atoms with Gasteiger partial charge in [0.25, 0.3) is 0 Å². The molecule has 1 aromatic heterocycles. The number of carbonyl (C=O) groups is 1. The van der Waals surface area contributed by atoms with E-state index in [0.717, 1.165) is 15.3 Å². The molecule has 9 heteroatoms. The smallest absolute Gasteiger partial charge is 0.234 e. The normalized spacial score (nSPS) is 10.6. The summed E-state index contributed by atoms with van der Waals surface area (Å²) in [5.74, 6) is 0.900. The summed E-state index contributed by atoms with van der Waals surface area (Å²) in [7, 11) is 3.02. The fourth-order valence-electron chi connectivity index (χ4n) is 2.47. The van der Waals surface area contributed by atoms with Crippen LogP contribution in [-0.2, 0) is 4.79 Å². The van der Waals surface area contributed by atoms with Gasteiger partial charge in [-0.05, 0) is 24.3 Å². The minimum atomic E-state index is -0.196. The van der Waals surface area contributed by atoms with E-state index in [9.17, 15) is 4.79 Å². The highest BCUT2D eigenvalue weighted by atomic mass is 79.9. The molecule has 0 saturated heterocycles. The van der Waals surface area contributed by atoms with Gasteiger partial charge >= 0.3 is 0 Å². The topological polar surface area (TPSA) is 65.4 Å². The third kappa shape index (κ3) is 4.81. The standard InChI is InChI=1S/C19H17BrClN3O3S/c1-26-16-10-15(17(27-2)9-14(16)21)23-18(25)11-28-19-22-7-8-24(19)13-5-3-12(20)4-6-13/h3-10H,11H2,1-2H3,(H,23,25). The number of nitrogens with zero attached hydrogens (tertiary/aromatic N) is 2. The van der Waals surface area contributed by atoms with Crippen molar-refractivity contribution in [2.45, 2.75) is 5.16 Å². The Hall–Kier alpha value is -2.16. The zero-order valence-corrected chi connectivity index (χ0v) is 18.3. The first-order valence-electron chi connectivity index (χ1n) is 8.15. The van der Waals surface area contributed by atoms with Crippen LogP contribution >= 0.6 is 39.3 Å². The largest absolute Gasteiger partial charge is 0.495 e. The van der Waals surface area contributed by atoms with Crippen LogP contribution in [0.5, 0.6) is 11.5 Å². The number of ether oxygens (including phenoxy) is 2. The number of carbonyl (C=O) groups excluding carboxylic acids is 1. The van der Waals surface area contributed by atoms with E-state index in [1.54, 1.807) is 18.3 Å². The summed E-state index contributed by atoms with van der Waals surface area (Å²) >= 11 is 10.9. The van der Waals surface area contributed by atoms with E-state index in [1.165, 1.54) is 26.0 Å². The minimum Gasteiger partial charge on any atom is -0.495 e. The summed E-state index contributed by atoms with van der Waals surface area (Å²) in [6.07, 6.45) is 3.56. The first-order valence-corrected chi connectivity index (χ1v) is 10.3. The van der Waals surface area contributed by atoms with Gasteiger partial charge in [0.2, 0.25) is 5.91 Å². The third-order valence-corrected chi connectivity index (χ3v) is 5.58. The van der Waals surface area contributed by atoms with Crippen LogP contribution in [0.15, 0.2) is 58.4 Å². The molecule has 2 aromatic carbocycles. The molecule has 0 saturated carbocycles. The Morgan fingerprint density at radius 1 is 1.21 bits per heavy atom. The molecule has 3 aromatic rings. The van der Waals surface area contributed by atoms with E-state index >= 15 is 0 Å². The van der Waals surface area contributed by atoms with Gasteiger partial charge in [-0.25, -0.2) is 4.98 Å². The van der Waals surface area contributed by atoms with E-state index in [-0.39, 0.29) is 11.7 Å². The van der Waals surface area contributed by atoms with Crippen molar-refractivity contribution >= 4 is 50.9 Å². The molecule has 3 rings (SSSR count). The molecule has 6 nitrogen and oxygen atoms in total. The number of hydrogen-bond donors (Lipinski definition) is 1. The molecule has 28 heavy (non-hydrogen) atoms. The molecule has 0 bridgehead atoms. The summed E-state index contributed by atoms with van der Waals surface area (Å²) < 4.78 is 13.4. The minimum absolute atomic E-state index is 0.182. The highest BCUT2D eigenvalue weighted by Crippen LogP contribution is 2.36. The van der Waals surface area contributed by atoms with Crippen molar-refractivity contribution in [2.24, 2.45) is 0 Å². The van der Waals surface area contributed by atoms with Crippen molar-refractivity contribution in [2.75, 3.05) is 25.3 Å². The van der Waals surface area contributed by atoms with Crippen molar-refractivity contribution in [1.29, 1.82) is 0 Å². The molecule has 0 aliphatic rings. The second-order valence-electron chi connectivity index (χ2n) is 5.58. The fraction of sp³-hybridized carbons (Fsp3) is 0.158. The van der Waals surface area contributed by atoms with Crippen LogP contribution < -0.4 is 14.8 Å². The predicted molar refractivity (Wildman–Crippen MR) is 115 cm³/mol. The lowest BCUT2D eigenvalue weighted by atomic mass is 10.2. The molecule has 0 fully saturated rings. The molecule has 146 valence electrons. The summed E-state index contributed by atoms with van der Waals surface area (Å²) in [5.41, 5.74) is 1.46. The number of methoxy groups -OCH3 is 2. The van der Waals surface area contributed by atoms with Gasteiger partial charge in [-0.2, -0.15) is 0 Å². The number of anilines is 1. The lowest BCUT2D eigenvalue weighted by Gasteiger charge is -2.13. The van der Waals surface area contributed by atoms with Crippen molar-refractivity contribution in [3.8, 4) is 17.2 Å². The molecule has 0 unspecified atom stereocenters. The second kappa shape index (κ2) is 9.36. The highest BCUT2D eigenvalue weighted by Gasteiger charge is 2.14. The number of imidazole rings is 1. The van der Waals surface area contributed by atoms with E-state index in [4.69, 9.17) is 21.1 Å². The number of nitrogens with one attached hydrogen (secondary N) is 1. The molecule has 0 aliphatic carbocycles. The summed E-state index contributed by atoms with van der Waals surface area (Å²) in [4.78, 5) is 16.8. The zero-order chi connectivity index (χ0) is 20.1. The summed E-state index contributed by atoms with van der Waals surface area (Å²) in [6.45, 7) is 0. The monoisotopic (exact) mass is 481 g/mol. The fourth-order valence-corrected chi connectivity index (χ4v) is 3.74. The highest BCUT2D eigenvalue weighted by molar-refractivity contribution is 9.10. The molecule has 1 heterocycles. The van der Waals surface area contributed by atoms with Crippen LogP contribution in [0.2, 0.25) is 5.02 Å². The first kappa shape index (κ1) is 20.6. The number of aromatic nitrogens is 2. The van der Waals surface area contributed by atoms with Crippen LogP contribution in [0.1, 0.15) is 0 Å². The van der Waals surface area contributed by atoms with Crippen LogP contribution in [0.3, 0.4) is 0 Å². The molecule has 0 atom stereocenters. The number of halogens is 2. The predicted octanol–water partition coefficient (Wildman–Crippen LogP) is 5.04. The van der Waals surface area contributed by atoms with Crippen molar-refractivity contribution in [1.82, 2.24) is 9.55 Å². The van der Waals surface area contributed by atoms with E-state index in [0.29, 0.717) is 22.2 Å². The van der Waals surface area contributed by atoms with Crippen molar-refractivity contribution in [3.63, 3.8) is 0 Å². The maximum Gasteiger partial charge on any atom is 0.234 e. The molecule has 0 spiro atoms. The lowest BCUT2D eigenvalue weighted by molar-refractivity contribution is -0.113. The van der Waals surface area contributed by atoms with E-state index in [1.807, 2.05) is 35.0 Å². The van der Waals surface area contributed by atoms with Gasteiger partial charge in [0.05, 0.1) is 30.7 Å². The Labute approximate surface area is 180 Å². The second-order valence-corrected chi connectivity index (χ2v) is 7.85. The van der Waals surface area contributed by atoms with Crippen LogP contribution in [-0.4, -0.2) is 35.4 Å². The molecule has 1 N–H and O–H groups in total. The van der Waals surface area contributed by atoms with Gasteiger partial charge in [0.15, 0.2) is 5.16 Å². The molecule has 0 aliphatic heterocycles. The Morgan fingerprint density at radius 3 is 2.61 bits per heavy atom. The molecule has 1 amide bonds.